The molecule has 1 heterocycles. The van der Waals surface area contributed by atoms with E-state index in [2.05, 4.69) is 15.7 Å². The van der Waals surface area contributed by atoms with Gasteiger partial charge >= 0.3 is 0 Å². The molecule has 1 aromatic heterocycles. The number of carbonyl (C=O) groups is 2. The van der Waals surface area contributed by atoms with E-state index in [1.54, 1.807) is 16.8 Å². The fourth-order valence-electron chi connectivity index (χ4n) is 2.88. The first-order valence-corrected chi connectivity index (χ1v) is 8.99. The highest BCUT2D eigenvalue weighted by Gasteiger charge is 2.16. The van der Waals surface area contributed by atoms with E-state index in [4.69, 9.17) is 17.3 Å². The standard InChI is InChI=1S/C20H20ClN5O2/c1-12-19(13(2)26(25-12)15-6-4-3-5-7-15)24-18(27)11-23-17-9-8-14(21)10-16(17)20(22)28/h3-10,23H,11H2,1-2H3,(H2,22,28)(H,24,27). The van der Waals surface area contributed by atoms with Crippen LogP contribution in [0, 0.1) is 13.8 Å². The molecular formula is C20H20ClN5O2. The van der Waals surface area contributed by atoms with Crippen molar-refractivity contribution in [3.63, 3.8) is 0 Å². The molecule has 0 aliphatic carbocycles. The molecule has 0 fully saturated rings. The van der Waals surface area contributed by atoms with E-state index in [1.807, 2.05) is 44.2 Å². The van der Waals surface area contributed by atoms with Crippen LogP contribution in [0.25, 0.3) is 5.69 Å². The van der Waals surface area contributed by atoms with Gasteiger partial charge in [-0.15, -0.1) is 0 Å². The van der Waals surface area contributed by atoms with E-state index in [1.165, 1.54) is 6.07 Å². The molecular weight excluding hydrogens is 378 g/mol. The molecule has 0 atom stereocenters. The highest BCUT2D eigenvalue weighted by atomic mass is 35.5. The number of benzene rings is 2. The molecule has 0 saturated heterocycles. The highest BCUT2D eigenvalue weighted by molar-refractivity contribution is 6.31. The van der Waals surface area contributed by atoms with Crippen molar-refractivity contribution in [3.8, 4) is 5.69 Å². The summed E-state index contributed by atoms with van der Waals surface area (Å²) in [4.78, 5) is 24.0. The zero-order chi connectivity index (χ0) is 20.3. The van der Waals surface area contributed by atoms with Gasteiger partial charge in [0, 0.05) is 10.7 Å². The van der Waals surface area contributed by atoms with Crippen LogP contribution in [0.5, 0.6) is 0 Å². The second-order valence-corrected chi connectivity index (χ2v) is 6.69. The topological polar surface area (TPSA) is 102 Å². The van der Waals surface area contributed by atoms with Crippen molar-refractivity contribution < 1.29 is 9.59 Å². The predicted octanol–water partition coefficient (Wildman–Crippen LogP) is 3.29. The van der Waals surface area contributed by atoms with Crippen LogP contribution in [0.15, 0.2) is 48.5 Å². The van der Waals surface area contributed by atoms with Gasteiger partial charge in [-0.1, -0.05) is 29.8 Å². The number of rotatable bonds is 6. The minimum Gasteiger partial charge on any atom is -0.375 e. The second kappa shape index (κ2) is 8.14. The summed E-state index contributed by atoms with van der Waals surface area (Å²) in [6.07, 6.45) is 0. The number of anilines is 2. The summed E-state index contributed by atoms with van der Waals surface area (Å²) in [7, 11) is 0. The predicted molar refractivity (Wildman–Crippen MR) is 110 cm³/mol. The fourth-order valence-corrected chi connectivity index (χ4v) is 3.05. The van der Waals surface area contributed by atoms with E-state index < -0.39 is 5.91 Å². The minimum atomic E-state index is -0.624. The zero-order valence-electron chi connectivity index (χ0n) is 15.5. The molecule has 0 aliphatic heterocycles. The van der Waals surface area contributed by atoms with E-state index in [0.717, 1.165) is 11.4 Å². The van der Waals surface area contributed by atoms with E-state index in [-0.39, 0.29) is 18.0 Å². The van der Waals surface area contributed by atoms with Crippen LogP contribution in [-0.4, -0.2) is 28.1 Å². The number of primary amides is 1. The number of aromatic nitrogens is 2. The number of hydrogen-bond acceptors (Lipinski definition) is 4. The summed E-state index contributed by atoms with van der Waals surface area (Å²) >= 11 is 5.89. The molecule has 8 heteroatoms. The summed E-state index contributed by atoms with van der Waals surface area (Å²) in [6.45, 7) is 3.68. The van der Waals surface area contributed by atoms with Gasteiger partial charge in [0.1, 0.15) is 0 Å². The van der Waals surface area contributed by atoms with Crippen LogP contribution < -0.4 is 16.4 Å². The summed E-state index contributed by atoms with van der Waals surface area (Å²) in [6, 6.07) is 14.4. The number of nitrogens with two attached hydrogens (primary N) is 1. The lowest BCUT2D eigenvalue weighted by Gasteiger charge is -2.11. The number of aryl methyl sites for hydroxylation is 1. The average molecular weight is 398 g/mol. The maximum atomic E-state index is 12.4. The fraction of sp³-hybridized carbons (Fsp3) is 0.150. The molecule has 0 radical (unpaired) electrons. The highest BCUT2D eigenvalue weighted by Crippen LogP contribution is 2.23. The number of hydrogen-bond donors (Lipinski definition) is 3. The van der Waals surface area contributed by atoms with Crippen molar-refractivity contribution in [1.29, 1.82) is 0 Å². The van der Waals surface area contributed by atoms with E-state index >= 15 is 0 Å². The molecule has 3 aromatic rings. The molecule has 0 unspecified atom stereocenters. The third-order valence-electron chi connectivity index (χ3n) is 4.24. The maximum absolute atomic E-state index is 12.4. The number of carbonyl (C=O) groups excluding carboxylic acids is 2. The average Bonchev–Trinajstić information content (AvgIpc) is 2.95. The molecule has 0 bridgehead atoms. The van der Waals surface area contributed by atoms with E-state index in [0.29, 0.717) is 22.1 Å². The van der Waals surface area contributed by atoms with Crippen LogP contribution in [0.1, 0.15) is 21.7 Å². The van der Waals surface area contributed by atoms with Gasteiger partial charge < -0.3 is 16.4 Å². The van der Waals surface area contributed by atoms with Gasteiger partial charge in [0.05, 0.1) is 34.9 Å². The van der Waals surface area contributed by atoms with Crippen molar-refractivity contribution in [2.75, 3.05) is 17.2 Å². The van der Waals surface area contributed by atoms with Crippen molar-refractivity contribution in [3.05, 3.63) is 70.5 Å². The molecule has 2 amide bonds. The largest absolute Gasteiger partial charge is 0.375 e. The Balaban J connectivity index is 1.73. The molecule has 3 rings (SSSR count). The molecule has 28 heavy (non-hydrogen) atoms. The lowest BCUT2D eigenvalue weighted by molar-refractivity contribution is -0.114. The molecule has 0 spiro atoms. The minimum absolute atomic E-state index is 0.0443. The third kappa shape index (κ3) is 4.15. The quantitative estimate of drug-likeness (QED) is 0.593. The van der Waals surface area contributed by atoms with Crippen LogP contribution >= 0.6 is 11.6 Å². The summed E-state index contributed by atoms with van der Waals surface area (Å²) in [5.74, 6) is -0.898. The monoisotopic (exact) mass is 397 g/mol. The Bertz CT molecular complexity index is 1030. The van der Waals surface area contributed by atoms with Gasteiger partial charge in [0.25, 0.3) is 5.91 Å². The Morgan fingerprint density at radius 2 is 1.86 bits per heavy atom. The molecule has 0 saturated carbocycles. The van der Waals surface area contributed by atoms with Crippen LogP contribution in [-0.2, 0) is 4.79 Å². The Kier molecular flexibility index (Phi) is 5.65. The zero-order valence-corrected chi connectivity index (χ0v) is 16.2. The normalized spacial score (nSPS) is 10.5. The first kappa shape index (κ1) is 19.4. The number of nitrogens with one attached hydrogen (secondary N) is 2. The molecule has 0 aliphatic rings. The first-order valence-electron chi connectivity index (χ1n) is 8.61. The second-order valence-electron chi connectivity index (χ2n) is 6.25. The number of halogens is 1. The van der Waals surface area contributed by atoms with Gasteiger partial charge in [-0.25, -0.2) is 4.68 Å². The summed E-state index contributed by atoms with van der Waals surface area (Å²) < 4.78 is 1.78. The van der Waals surface area contributed by atoms with Gasteiger partial charge in [-0.3, -0.25) is 9.59 Å². The number of nitrogens with zero attached hydrogens (tertiary/aromatic N) is 2. The van der Waals surface area contributed by atoms with Crippen LogP contribution in [0.4, 0.5) is 11.4 Å². The van der Waals surface area contributed by atoms with Gasteiger partial charge in [-0.05, 0) is 44.2 Å². The molecule has 2 aromatic carbocycles. The summed E-state index contributed by atoms with van der Waals surface area (Å²) in [5.41, 5.74) is 9.13. The molecule has 4 N–H and O–H groups in total. The Morgan fingerprint density at radius 3 is 2.54 bits per heavy atom. The van der Waals surface area contributed by atoms with Crippen molar-refractivity contribution in [1.82, 2.24) is 9.78 Å². The lowest BCUT2D eigenvalue weighted by Crippen LogP contribution is -2.24. The Labute approximate surface area is 167 Å². The number of para-hydroxylation sites is 1. The Morgan fingerprint density at radius 1 is 1.14 bits per heavy atom. The summed E-state index contributed by atoms with van der Waals surface area (Å²) in [5, 5.41) is 10.7. The molecule has 144 valence electrons. The SMILES string of the molecule is Cc1nn(-c2ccccc2)c(C)c1NC(=O)CNc1ccc(Cl)cc1C(N)=O. The van der Waals surface area contributed by atoms with Crippen molar-refractivity contribution in [2.45, 2.75) is 13.8 Å². The van der Waals surface area contributed by atoms with Gasteiger partial charge in [0.2, 0.25) is 5.91 Å². The van der Waals surface area contributed by atoms with Gasteiger partial charge in [-0.2, -0.15) is 5.10 Å². The molecule has 7 nitrogen and oxygen atoms in total. The van der Waals surface area contributed by atoms with Gasteiger partial charge in [0.15, 0.2) is 0 Å². The van der Waals surface area contributed by atoms with Crippen LogP contribution in [0.3, 0.4) is 0 Å². The third-order valence-corrected chi connectivity index (χ3v) is 4.48. The first-order chi connectivity index (χ1) is 13.4. The lowest BCUT2D eigenvalue weighted by atomic mass is 10.1. The van der Waals surface area contributed by atoms with Crippen molar-refractivity contribution in [2.24, 2.45) is 5.73 Å². The van der Waals surface area contributed by atoms with Crippen molar-refractivity contribution >= 4 is 34.8 Å². The Hall–Kier alpha value is -3.32. The smallest absolute Gasteiger partial charge is 0.250 e. The maximum Gasteiger partial charge on any atom is 0.250 e. The number of amides is 2. The van der Waals surface area contributed by atoms with E-state index in [9.17, 15) is 9.59 Å². The van der Waals surface area contributed by atoms with Crippen LogP contribution in [0.2, 0.25) is 5.02 Å².